The SMILES string of the molecule is Clc1nc(-c2ccccc2)nc(-c2cccc(-c3cccc4c3oc3ccccc34)c2)n1. The number of fused-ring (bicyclic) bond motifs is 3. The number of furan rings is 1. The van der Waals surface area contributed by atoms with Gasteiger partial charge < -0.3 is 4.42 Å². The quantitative estimate of drug-likeness (QED) is 0.291. The minimum Gasteiger partial charge on any atom is -0.455 e. The van der Waals surface area contributed by atoms with Crippen LogP contribution in [0.1, 0.15) is 0 Å². The molecule has 4 nitrogen and oxygen atoms in total. The van der Waals surface area contributed by atoms with Crippen molar-refractivity contribution in [2.75, 3.05) is 0 Å². The number of hydrogen-bond acceptors (Lipinski definition) is 4. The van der Waals surface area contributed by atoms with E-state index in [0.29, 0.717) is 11.6 Å². The molecule has 0 aliphatic carbocycles. The Balaban J connectivity index is 1.50. The van der Waals surface area contributed by atoms with Crippen LogP contribution in [0.2, 0.25) is 5.28 Å². The number of halogens is 1. The van der Waals surface area contributed by atoms with Crippen LogP contribution in [0.3, 0.4) is 0 Å². The highest BCUT2D eigenvalue weighted by molar-refractivity contribution is 6.28. The van der Waals surface area contributed by atoms with Crippen LogP contribution in [0.5, 0.6) is 0 Å². The summed E-state index contributed by atoms with van der Waals surface area (Å²) in [6, 6.07) is 32.1. The number of aromatic nitrogens is 3. The summed E-state index contributed by atoms with van der Waals surface area (Å²) in [6.45, 7) is 0. The van der Waals surface area contributed by atoms with Gasteiger partial charge in [0, 0.05) is 27.5 Å². The first-order valence-electron chi connectivity index (χ1n) is 10.2. The van der Waals surface area contributed by atoms with E-state index >= 15 is 0 Å². The molecule has 5 heteroatoms. The molecule has 0 amide bonds. The van der Waals surface area contributed by atoms with E-state index in [-0.39, 0.29) is 5.28 Å². The maximum absolute atomic E-state index is 6.25. The van der Waals surface area contributed by atoms with Crippen LogP contribution in [0.15, 0.2) is 101 Å². The molecule has 0 aliphatic heterocycles. The van der Waals surface area contributed by atoms with Gasteiger partial charge >= 0.3 is 0 Å². The molecule has 2 aromatic heterocycles. The Hall–Kier alpha value is -4.02. The van der Waals surface area contributed by atoms with Gasteiger partial charge in [-0.25, -0.2) is 4.98 Å². The Morgan fingerprint density at radius 3 is 2.09 bits per heavy atom. The van der Waals surface area contributed by atoms with Crippen molar-refractivity contribution in [2.24, 2.45) is 0 Å². The molecule has 0 atom stereocenters. The summed E-state index contributed by atoms with van der Waals surface area (Å²) in [6.07, 6.45) is 0. The lowest BCUT2D eigenvalue weighted by Gasteiger charge is -2.07. The fourth-order valence-electron chi connectivity index (χ4n) is 4.00. The first-order chi connectivity index (χ1) is 15.8. The van der Waals surface area contributed by atoms with E-state index in [4.69, 9.17) is 16.0 Å². The van der Waals surface area contributed by atoms with E-state index in [1.807, 2.05) is 60.7 Å². The molecule has 6 rings (SSSR count). The molecule has 0 fully saturated rings. The minimum absolute atomic E-state index is 0.165. The van der Waals surface area contributed by atoms with Gasteiger partial charge in [0.15, 0.2) is 11.6 Å². The van der Waals surface area contributed by atoms with Crippen LogP contribution in [-0.4, -0.2) is 15.0 Å². The average Bonchev–Trinajstić information content (AvgIpc) is 3.23. The molecule has 0 saturated carbocycles. The van der Waals surface area contributed by atoms with Gasteiger partial charge in [-0.3, -0.25) is 0 Å². The van der Waals surface area contributed by atoms with Crippen molar-refractivity contribution in [1.82, 2.24) is 15.0 Å². The molecule has 4 aromatic carbocycles. The fourth-order valence-corrected chi connectivity index (χ4v) is 4.16. The van der Waals surface area contributed by atoms with Gasteiger partial charge in [0.05, 0.1) is 0 Å². The Morgan fingerprint density at radius 1 is 0.562 bits per heavy atom. The third-order valence-corrected chi connectivity index (χ3v) is 5.65. The summed E-state index contributed by atoms with van der Waals surface area (Å²) < 4.78 is 6.22. The monoisotopic (exact) mass is 433 g/mol. The summed E-state index contributed by atoms with van der Waals surface area (Å²) in [7, 11) is 0. The highest BCUT2D eigenvalue weighted by Gasteiger charge is 2.14. The van der Waals surface area contributed by atoms with Gasteiger partial charge in [-0.15, -0.1) is 0 Å². The van der Waals surface area contributed by atoms with E-state index in [9.17, 15) is 0 Å². The Bertz CT molecular complexity index is 1590. The van der Waals surface area contributed by atoms with Crippen molar-refractivity contribution in [3.63, 3.8) is 0 Å². The van der Waals surface area contributed by atoms with Crippen LogP contribution in [0.25, 0.3) is 55.8 Å². The first kappa shape index (κ1) is 18.7. The van der Waals surface area contributed by atoms with Crippen LogP contribution in [-0.2, 0) is 0 Å². The maximum Gasteiger partial charge on any atom is 0.226 e. The van der Waals surface area contributed by atoms with Gasteiger partial charge in [-0.05, 0) is 29.3 Å². The molecule has 0 N–H and O–H groups in total. The van der Waals surface area contributed by atoms with E-state index in [1.165, 1.54) is 0 Å². The van der Waals surface area contributed by atoms with E-state index in [0.717, 1.165) is 44.2 Å². The average molecular weight is 434 g/mol. The molecule has 152 valence electrons. The molecule has 2 heterocycles. The van der Waals surface area contributed by atoms with E-state index < -0.39 is 0 Å². The maximum atomic E-state index is 6.25. The Kier molecular flexibility index (Phi) is 4.44. The smallest absolute Gasteiger partial charge is 0.226 e. The summed E-state index contributed by atoms with van der Waals surface area (Å²) in [5, 5.41) is 2.37. The first-order valence-corrected chi connectivity index (χ1v) is 10.6. The standard InChI is InChI=1S/C27H16ClN3O/c28-27-30-25(17-8-2-1-3-9-17)29-26(31-27)19-11-6-10-18(16-19)20-13-7-14-22-21-12-4-5-15-23(21)32-24(20)22/h1-16H. The molecule has 6 aromatic rings. The van der Waals surface area contributed by atoms with Gasteiger partial charge in [0.1, 0.15) is 11.2 Å². The molecular formula is C27H16ClN3O. The second-order valence-electron chi connectivity index (χ2n) is 7.48. The third-order valence-electron chi connectivity index (χ3n) is 5.48. The molecular weight excluding hydrogens is 418 g/mol. The number of rotatable bonds is 3. The molecule has 0 aliphatic rings. The molecule has 0 radical (unpaired) electrons. The summed E-state index contributed by atoms with van der Waals surface area (Å²) in [4.78, 5) is 13.4. The normalized spacial score (nSPS) is 11.3. The zero-order valence-electron chi connectivity index (χ0n) is 16.9. The molecule has 0 bridgehead atoms. The van der Waals surface area contributed by atoms with E-state index in [1.54, 1.807) is 0 Å². The van der Waals surface area contributed by atoms with Crippen molar-refractivity contribution < 1.29 is 4.42 Å². The largest absolute Gasteiger partial charge is 0.455 e. The summed E-state index contributed by atoms with van der Waals surface area (Å²) in [5.74, 6) is 1.08. The lowest BCUT2D eigenvalue weighted by molar-refractivity contribution is 0.670. The second kappa shape index (κ2) is 7.59. The van der Waals surface area contributed by atoms with Crippen molar-refractivity contribution in [3.8, 4) is 33.9 Å². The number of nitrogens with zero attached hydrogens (tertiary/aromatic N) is 3. The topological polar surface area (TPSA) is 51.8 Å². The van der Waals surface area contributed by atoms with E-state index in [2.05, 4.69) is 51.4 Å². The van der Waals surface area contributed by atoms with Crippen LogP contribution in [0, 0.1) is 0 Å². The number of para-hydroxylation sites is 2. The zero-order valence-corrected chi connectivity index (χ0v) is 17.6. The number of hydrogen-bond donors (Lipinski definition) is 0. The molecule has 32 heavy (non-hydrogen) atoms. The predicted octanol–water partition coefficient (Wildman–Crippen LogP) is 7.43. The van der Waals surface area contributed by atoms with Crippen molar-refractivity contribution >= 4 is 33.5 Å². The Morgan fingerprint density at radius 2 is 1.22 bits per heavy atom. The van der Waals surface area contributed by atoms with Crippen LogP contribution in [0.4, 0.5) is 0 Å². The Labute approximate surface area is 189 Å². The minimum atomic E-state index is 0.165. The highest BCUT2D eigenvalue weighted by Crippen LogP contribution is 2.36. The highest BCUT2D eigenvalue weighted by atomic mass is 35.5. The van der Waals surface area contributed by atoms with Crippen LogP contribution >= 0.6 is 11.6 Å². The summed E-state index contributed by atoms with van der Waals surface area (Å²) >= 11 is 6.25. The molecule has 0 unspecified atom stereocenters. The second-order valence-corrected chi connectivity index (χ2v) is 7.82. The summed E-state index contributed by atoms with van der Waals surface area (Å²) in [5.41, 5.74) is 5.53. The van der Waals surface area contributed by atoms with Crippen LogP contribution < -0.4 is 0 Å². The lowest BCUT2D eigenvalue weighted by Crippen LogP contribution is -1.97. The fraction of sp³-hybridized carbons (Fsp3) is 0. The molecule has 0 spiro atoms. The molecule has 0 saturated heterocycles. The van der Waals surface area contributed by atoms with Gasteiger partial charge in [0.25, 0.3) is 0 Å². The van der Waals surface area contributed by atoms with Crippen molar-refractivity contribution in [2.45, 2.75) is 0 Å². The predicted molar refractivity (Wildman–Crippen MR) is 128 cm³/mol. The van der Waals surface area contributed by atoms with Gasteiger partial charge in [-0.1, -0.05) is 84.9 Å². The van der Waals surface area contributed by atoms with Gasteiger partial charge in [-0.2, -0.15) is 9.97 Å². The lowest BCUT2D eigenvalue weighted by atomic mass is 10.0. The van der Waals surface area contributed by atoms with Gasteiger partial charge in [0.2, 0.25) is 5.28 Å². The van der Waals surface area contributed by atoms with Crippen molar-refractivity contribution in [1.29, 1.82) is 0 Å². The number of benzene rings is 4. The third kappa shape index (κ3) is 3.22. The van der Waals surface area contributed by atoms with Crippen molar-refractivity contribution in [3.05, 3.63) is 102 Å². The zero-order chi connectivity index (χ0) is 21.5.